The van der Waals surface area contributed by atoms with E-state index in [2.05, 4.69) is 36.3 Å². The maximum Gasteiger partial charge on any atom is 0.166 e. The van der Waals surface area contributed by atoms with Crippen molar-refractivity contribution in [1.29, 1.82) is 0 Å². The number of nitrogens with zero attached hydrogens (tertiary/aromatic N) is 1. The van der Waals surface area contributed by atoms with Gasteiger partial charge in [-0.15, -0.1) is 0 Å². The Balaban J connectivity index is 1.68. The zero-order valence-corrected chi connectivity index (χ0v) is 12.7. The molecular weight excluding hydrogens is 242 g/mol. The Labute approximate surface area is 117 Å². The molecule has 3 nitrogen and oxygen atoms in total. The van der Waals surface area contributed by atoms with Crippen molar-refractivity contribution in [2.24, 2.45) is 11.8 Å². The normalized spacial score (nSPS) is 30.8. The van der Waals surface area contributed by atoms with Gasteiger partial charge in [-0.05, 0) is 50.2 Å². The summed E-state index contributed by atoms with van der Waals surface area (Å²) in [4.78, 5) is 2.58. The average molecular weight is 269 g/mol. The molecule has 1 saturated heterocycles. The van der Waals surface area contributed by atoms with Crippen LogP contribution in [0, 0.1) is 11.8 Å². The van der Waals surface area contributed by atoms with Crippen LogP contribution < -0.4 is 10.6 Å². The van der Waals surface area contributed by atoms with Gasteiger partial charge >= 0.3 is 0 Å². The average Bonchev–Trinajstić information content (AvgIpc) is 2.98. The lowest BCUT2D eigenvalue weighted by atomic mass is 9.92. The standard InChI is InChI=1S/C14H27N3S/c1-10-6-11(2)8-17(7-10)9-12(3)15-14(18)16-13-4-5-13/h10-13H,4-9H2,1-3H3,(H2,15,16,18)/t10-,11-,12-/m1/s1. The summed E-state index contributed by atoms with van der Waals surface area (Å²) in [5, 5.41) is 7.58. The molecule has 18 heavy (non-hydrogen) atoms. The molecule has 2 aliphatic rings. The van der Waals surface area contributed by atoms with Gasteiger partial charge in [0, 0.05) is 31.7 Å². The Kier molecular flexibility index (Phi) is 4.84. The number of rotatable bonds is 4. The highest BCUT2D eigenvalue weighted by Gasteiger charge is 2.24. The molecule has 0 spiro atoms. The van der Waals surface area contributed by atoms with E-state index in [1.54, 1.807) is 0 Å². The summed E-state index contributed by atoms with van der Waals surface area (Å²) in [6.45, 7) is 10.5. The molecule has 1 heterocycles. The van der Waals surface area contributed by atoms with E-state index in [0.717, 1.165) is 23.5 Å². The summed E-state index contributed by atoms with van der Waals surface area (Å²) in [6, 6.07) is 1.08. The van der Waals surface area contributed by atoms with Crippen molar-refractivity contribution in [2.75, 3.05) is 19.6 Å². The fourth-order valence-electron chi connectivity index (χ4n) is 3.05. The van der Waals surface area contributed by atoms with Gasteiger partial charge in [0.2, 0.25) is 0 Å². The summed E-state index contributed by atoms with van der Waals surface area (Å²) in [5.74, 6) is 1.66. The monoisotopic (exact) mass is 269 g/mol. The molecule has 1 aliphatic heterocycles. The molecule has 2 fully saturated rings. The highest BCUT2D eigenvalue weighted by atomic mass is 32.1. The van der Waals surface area contributed by atoms with Crippen LogP contribution in [0.25, 0.3) is 0 Å². The van der Waals surface area contributed by atoms with Gasteiger partial charge in [0.1, 0.15) is 0 Å². The third kappa shape index (κ3) is 4.73. The first-order valence-electron chi connectivity index (χ1n) is 7.32. The zero-order chi connectivity index (χ0) is 13.1. The van der Waals surface area contributed by atoms with Crippen LogP contribution in [0.5, 0.6) is 0 Å². The molecule has 4 heteroatoms. The van der Waals surface area contributed by atoms with Gasteiger partial charge < -0.3 is 15.5 Å². The maximum absolute atomic E-state index is 5.32. The lowest BCUT2D eigenvalue weighted by Gasteiger charge is -2.36. The fraction of sp³-hybridized carbons (Fsp3) is 0.929. The molecule has 0 radical (unpaired) electrons. The Morgan fingerprint density at radius 2 is 1.89 bits per heavy atom. The van der Waals surface area contributed by atoms with Crippen LogP contribution >= 0.6 is 12.2 Å². The van der Waals surface area contributed by atoms with Crippen LogP contribution in [0.1, 0.15) is 40.0 Å². The summed E-state index contributed by atoms with van der Waals surface area (Å²) in [6.07, 6.45) is 3.93. The molecule has 0 amide bonds. The largest absolute Gasteiger partial charge is 0.360 e. The first-order chi connectivity index (χ1) is 8.52. The summed E-state index contributed by atoms with van der Waals surface area (Å²) >= 11 is 5.32. The summed E-state index contributed by atoms with van der Waals surface area (Å²) < 4.78 is 0. The molecular formula is C14H27N3S. The van der Waals surface area contributed by atoms with Gasteiger partial charge in [0.05, 0.1) is 0 Å². The maximum atomic E-state index is 5.32. The van der Waals surface area contributed by atoms with E-state index in [-0.39, 0.29) is 0 Å². The number of hydrogen-bond acceptors (Lipinski definition) is 2. The van der Waals surface area contributed by atoms with Gasteiger partial charge in [-0.3, -0.25) is 0 Å². The van der Waals surface area contributed by atoms with Crippen molar-refractivity contribution >= 4 is 17.3 Å². The van der Waals surface area contributed by atoms with E-state index >= 15 is 0 Å². The minimum absolute atomic E-state index is 0.432. The molecule has 2 N–H and O–H groups in total. The predicted octanol–water partition coefficient (Wildman–Crippen LogP) is 1.98. The molecule has 3 atom stereocenters. The van der Waals surface area contributed by atoms with Gasteiger partial charge in [-0.25, -0.2) is 0 Å². The highest BCUT2D eigenvalue weighted by Crippen LogP contribution is 2.21. The molecule has 1 aliphatic carbocycles. The van der Waals surface area contributed by atoms with Crippen molar-refractivity contribution in [2.45, 2.75) is 52.1 Å². The highest BCUT2D eigenvalue weighted by molar-refractivity contribution is 7.80. The van der Waals surface area contributed by atoms with Crippen LogP contribution in [-0.4, -0.2) is 41.7 Å². The Hall–Kier alpha value is -0.350. The van der Waals surface area contributed by atoms with Crippen LogP contribution in [0.15, 0.2) is 0 Å². The summed E-state index contributed by atoms with van der Waals surface area (Å²) in [5.41, 5.74) is 0. The molecule has 0 unspecified atom stereocenters. The van der Waals surface area contributed by atoms with Crippen molar-refractivity contribution in [3.05, 3.63) is 0 Å². The number of nitrogens with one attached hydrogen (secondary N) is 2. The first kappa shape index (κ1) is 14.1. The van der Waals surface area contributed by atoms with Crippen molar-refractivity contribution < 1.29 is 0 Å². The fourth-order valence-corrected chi connectivity index (χ4v) is 3.42. The van der Waals surface area contributed by atoms with E-state index < -0.39 is 0 Å². The molecule has 0 aromatic rings. The van der Waals surface area contributed by atoms with Gasteiger partial charge in [-0.1, -0.05) is 13.8 Å². The van der Waals surface area contributed by atoms with Crippen LogP contribution in [-0.2, 0) is 0 Å². The number of thiocarbonyl (C=S) groups is 1. The van der Waals surface area contributed by atoms with Gasteiger partial charge in [-0.2, -0.15) is 0 Å². The summed E-state index contributed by atoms with van der Waals surface area (Å²) in [7, 11) is 0. The molecule has 1 saturated carbocycles. The van der Waals surface area contributed by atoms with Crippen LogP contribution in [0.4, 0.5) is 0 Å². The predicted molar refractivity (Wildman–Crippen MR) is 80.7 cm³/mol. The smallest absolute Gasteiger partial charge is 0.166 e. The van der Waals surface area contributed by atoms with E-state index in [9.17, 15) is 0 Å². The number of hydrogen-bond donors (Lipinski definition) is 2. The van der Waals surface area contributed by atoms with Crippen molar-refractivity contribution in [3.8, 4) is 0 Å². The minimum Gasteiger partial charge on any atom is -0.360 e. The second-order valence-corrected chi connectivity index (χ2v) is 6.87. The van der Waals surface area contributed by atoms with Crippen molar-refractivity contribution in [3.63, 3.8) is 0 Å². The number of piperidine rings is 1. The Morgan fingerprint density at radius 3 is 2.44 bits per heavy atom. The number of likely N-dealkylation sites (tertiary alicyclic amines) is 1. The molecule has 0 bridgehead atoms. The van der Waals surface area contributed by atoms with Gasteiger partial charge in [0.25, 0.3) is 0 Å². The second kappa shape index (κ2) is 6.20. The molecule has 0 aromatic heterocycles. The third-order valence-corrected chi connectivity index (χ3v) is 4.00. The van der Waals surface area contributed by atoms with E-state index in [1.165, 1.54) is 32.4 Å². The quantitative estimate of drug-likeness (QED) is 0.763. The molecule has 0 aromatic carbocycles. The second-order valence-electron chi connectivity index (χ2n) is 6.46. The lowest BCUT2D eigenvalue weighted by Crippen LogP contribution is -2.49. The van der Waals surface area contributed by atoms with E-state index in [1.807, 2.05) is 0 Å². The molecule has 2 rings (SSSR count). The van der Waals surface area contributed by atoms with Crippen LogP contribution in [0.3, 0.4) is 0 Å². The van der Waals surface area contributed by atoms with Gasteiger partial charge in [0.15, 0.2) is 5.11 Å². The molecule has 104 valence electrons. The van der Waals surface area contributed by atoms with Crippen LogP contribution in [0.2, 0.25) is 0 Å². The lowest BCUT2D eigenvalue weighted by molar-refractivity contribution is 0.133. The third-order valence-electron chi connectivity index (χ3n) is 3.77. The van der Waals surface area contributed by atoms with E-state index in [4.69, 9.17) is 12.2 Å². The topological polar surface area (TPSA) is 27.3 Å². The van der Waals surface area contributed by atoms with E-state index in [0.29, 0.717) is 12.1 Å². The van der Waals surface area contributed by atoms with Crippen molar-refractivity contribution in [1.82, 2.24) is 15.5 Å². The first-order valence-corrected chi connectivity index (χ1v) is 7.73. The minimum atomic E-state index is 0.432. The Morgan fingerprint density at radius 1 is 1.28 bits per heavy atom. The zero-order valence-electron chi connectivity index (χ0n) is 11.9. The SMILES string of the molecule is C[C@@H]1C[C@@H](C)CN(C[C@@H](C)NC(=S)NC2CC2)C1. The Bertz CT molecular complexity index is 281.